The summed E-state index contributed by atoms with van der Waals surface area (Å²) in [6, 6.07) is 6.83. The number of benzene rings is 1. The van der Waals surface area contributed by atoms with Gasteiger partial charge in [-0.1, -0.05) is 19.1 Å². The molecule has 4 heteroatoms. The van der Waals surface area contributed by atoms with E-state index >= 15 is 0 Å². The molecule has 1 aromatic carbocycles. The molecular weight excluding hydrogens is 232 g/mol. The van der Waals surface area contributed by atoms with Crippen molar-refractivity contribution in [3.05, 3.63) is 29.8 Å². The average molecular weight is 250 g/mol. The largest absolute Gasteiger partial charge is 0.481 e. The lowest BCUT2D eigenvalue weighted by Gasteiger charge is -2.12. The summed E-state index contributed by atoms with van der Waals surface area (Å²) in [5.74, 6) is -0.116. The van der Waals surface area contributed by atoms with Crippen molar-refractivity contribution in [1.29, 1.82) is 0 Å². The van der Waals surface area contributed by atoms with Crippen molar-refractivity contribution in [2.75, 3.05) is 6.61 Å². The second kappa shape index (κ2) is 6.79. The quantitative estimate of drug-likeness (QED) is 0.575. The third kappa shape index (κ3) is 4.20. The number of hydrogen-bond donors (Lipinski definition) is 0. The maximum absolute atomic E-state index is 11.4. The Morgan fingerprint density at radius 1 is 1.28 bits per heavy atom. The fourth-order valence-electron chi connectivity index (χ4n) is 1.36. The van der Waals surface area contributed by atoms with Crippen LogP contribution in [-0.2, 0) is 9.53 Å². The molecule has 1 atom stereocenters. The molecule has 0 N–H and O–H groups in total. The Morgan fingerprint density at radius 3 is 2.56 bits per heavy atom. The molecular formula is C14H18O4. The van der Waals surface area contributed by atoms with Crippen LogP contribution in [0.25, 0.3) is 0 Å². The molecule has 0 fully saturated rings. The third-order valence-electron chi connectivity index (χ3n) is 2.52. The van der Waals surface area contributed by atoms with Crippen LogP contribution in [0.15, 0.2) is 24.3 Å². The summed E-state index contributed by atoms with van der Waals surface area (Å²) >= 11 is 0. The van der Waals surface area contributed by atoms with Gasteiger partial charge < -0.3 is 9.47 Å². The van der Waals surface area contributed by atoms with Gasteiger partial charge in [0.2, 0.25) is 0 Å². The number of Topliss-reactive ketones (excluding diaryl/α,β-unsaturated/α-hetero) is 1. The van der Waals surface area contributed by atoms with Crippen molar-refractivity contribution >= 4 is 11.8 Å². The summed E-state index contributed by atoms with van der Waals surface area (Å²) in [5, 5.41) is 0. The standard InChI is InChI=1S/C14H18O4/c1-4-10(2)18-14(16)9-17-13-8-6-5-7-12(13)11(3)15/h5-8,10H,4,9H2,1-3H3. The number of carbonyl (C=O) groups is 2. The van der Waals surface area contributed by atoms with Crippen molar-refractivity contribution in [2.24, 2.45) is 0 Å². The van der Waals surface area contributed by atoms with Gasteiger partial charge in [-0.3, -0.25) is 4.79 Å². The van der Waals surface area contributed by atoms with Crippen LogP contribution >= 0.6 is 0 Å². The zero-order chi connectivity index (χ0) is 13.5. The van der Waals surface area contributed by atoms with Gasteiger partial charge in [0, 0.05) is 0 Å². The highest BCUT2D eigenvalue weighted by atomic mass is 16.6. The maximum atomic E-state index is 11.4. The van der Waals surface area contributed by atoms with Crippen molar-refractivity contribution in [2.45, 2.75) is 33.3 Å². The number of ether oxygens (including phenoxy) is 2. The van der Waals surface area contributed by atoms with Crippen LogP contribution in [0.5, 0.6) is 5.75 Å². The zero-order valence-electron chi connectivity index (χ0n) is 10.9. The first kappa shape index (κ1) is 14.2. The van der Waals surface area contributed by atoms with Gasteiger partial charge in [-0.05, 0) is 32.4 Å². The van der Waals surface area contributed by atoms with E-state index in [-0.39, 0.29) is 18.5 Å². The smallest absolute Gasteiger partial charge is 0.344 e. The molecule has 0 aliphatic heterocycles. The molecule has 0 aromatic heterocycles. The van der Waals surface area contributed by atoms with Gasteiger partial charge >= 0.3 is 5.97 Å². The van der Waals surface area contributed by atoms with E-state index in [4.69, 9.17) is 9.47 Å². The van der Waals surface area contributed by atoms with Crippen LogP contribution in [0.4, 0.5) is 0 Å². The second-order valence-corrected chi connectivity index (χ2v) is 4.05. The Morgan fingerprint density at radius 2 is 1.94 bits per heavy atom. The van der Waals surface area contributed by atoms with Crippen molar-refractivity contribution in [3.63, 3.8) is 0 Å². The van der Waals surface area contributed by atoms with Gasteiger partial charge in [-0.15, -0.1) is 0 Å². The summed E-state index contributed by atoms with van der Waals surface area (Å²) in [6.07, 6.45) is 0.639. The van der Waals surface area contributed by atoms with E-state index < -0.39 is 5.97 Å². The Hall–Kier alpha value is -1.84. The Kier molecular flexibility index (Phi) is 5.36. The third-order valence-corrected chi connectivity index (χ3v) is 2.52. The number of esters is 1. The lowest BCUT2D eigenvalue weighted by Crippen LogP contribution is -2.20. The minimum atomic E-state index is -0.428. The van der Waals surface area contributed by atoms with E-state index in [1.54, 1.807) is 24.3 Å². The highest BCUT2D eigenvalue weighted by molar-refractivity contribution is 5.96. The fourth-order valence-corrected chi connectivity index (χ4v) is 1.36. The van der Waals surface area contributed by atoms with Crippen LogP contribution in [0.2, 0.25) is 0 Å². The first-order chi connectivity index (χ1) is 8.54. The molecule has 0 spiro atoms. The van der Waals surface area contributed by atoms with Crippen molar-refractivity contribution in [3.8, 4) is 5.75 Å². The lowest BCUT2D eigenvalue weighted by atomic mass is 10.1. The number of carbonyl (C=O) groups excluding carboxylic acids is 2. The zero-order valence-corrected chi connectivity index (χ0v) is 10.9. The van der Waals surface area contributed by atoms with Crippen molar-refractivity contribution in [1.82, 2.24) is 0 Å². The number of rotatable bonds is 6. The van der Waals surface area contributed by atoms with Crippen LogP contribution in [0.3, 0.4) is 0 Å². The number of ketones is 1. The Balaban J connectivity index is 2.58. The maximum Gasteiger partial charge on any atom is 0.344 e. The van der Waals surface area contributed by atoms with E-state index in [0.29, 0.717) is 11.3 Å². The average Bonchev–Trinajstić information content (AvgIpc) is 2.36. The molecule has 98 valence electrons. The predicted octanol–water partition coefficient (Wildman–Crippen LogP) is 2.61. The van der Waals surface area contributed by atoms with Gasteiger partial charge in [0.25, 0.3) is 0 Å². The monoisotopic (exact) mass is 250 g/mol. The molecule has 4 nitrogen and oxygen atoms in total. The van der Waals surface area contributed by atoms with Crippen LogP contribution < -0.4 is 4.74 Å². The summed E-state index contributed by atoms with van der Waals surface area (Å²) in [6.45, 7) is 5.03. The fraction of sp³-hybridized carbons (Fsp3) is 0.429. The first-order valence-corrected chi connectivity index (χ1v) is 5.96. The van der Waals surface area contributed by atoms with Gasteiger partial charge in [0.1, 0.15) is 5.75 Å². The van der Waals surface area contributed by atoms with Gasteiger partial charge in [0.15, 0.2) is 12.4 Å². The molecule has 0 heterocycles. The number of hydrogen-bond acceptors (Lipinski definition) is 4. The van der Waals surface area contributed by atoms with E-state index in [2.05, 4.69) is 0 Å². The Labute approximate surface area is 107 Å². The molecule has 1 rings (SSSR count). The molecule has 0 bridgehead atoms. The van der Waals surface area contributed by atoms with Gasteiger partial charge in [0.05, 0.1) is 11.7 Å². The van der Waals surface area contributed by atoms with E-state index in [1.807, 2.05) is 13.8 Å². The molecule has 0 aliphatic rings. The lowest BCUT2D eigenvalue weighted by molar-refractivity contribution is -0.150. The summed E-state index contributed by atoms with van der Waals surface area (Å²) in [7, 11) is 0. The topological polar surface area (TPSA) is 52.6 Å². The van der Waals surface area contributed by atoms with Crippen LogP contribution in [0.1, 0.15) is 37.6 Å². The van der Waals surface area contributed by atoms with Crippen LogP contribution in [0, 0.1) is 0 Å². The van der Waals surface area contributed by atoms with Gasteiger partial charge in [-0.2, -0.15) is 0 Å². The number of para-hydroxylation sites is 1. The predicted molar refractivity (Wildman–Crippen MR) is 67.8 cm³/mol. The second-order valence-electron chi connectivity index (χ2n) is 4.05. The molecule has 0 aliphatic carbocycles. The Bertz CT molecular complexity index is 426. The molecule has 1 aromatic rings. The van der Waals surface area contributed by atoms with Crippen molar-refractivity contribution < 1.29 is 19.1 Å². The normalized spacial score (nSPS) is 11.7. The molecule has 1 unspecified atom stereocenters. The minimum absolute atomic E-state index is 0.0964. The molecule has 0 saturated heterocycles. The minimum Gasteiger partial charge on any atom is -0.481 e. The highest BCUT2D eigenvalue weighted by Gasteiger charge is 2.11. The molecule has 0 radical (unpaired) electrons. The van der Waals surface area contributed by atoms with E-state index in [1.165, 1.54) is 6.92 Å². The summed E-state index contributed by atoms with van der Waals surface area (Å²) in [4.78, 5) is 22.8. The van der Waals surface area contributed by atoms with Crippen LogP contribution in [-0.4, -0.2) is 24.5 Å². The van der Waals surface area contributed by atoms with Gasteiger partial charge in [-0.25, -0.2) is 4.79 Å². The summed E-state index contributed by atoms with van der Waals surface area (Å²) < 4.78 is 10.4. The van der Waals surface area contributed by atoms with E-state index in [9.17, 15) is 9.59 Å². The molecule has 18 heavy (non-hydrogen) atoms. The van der Waals surface area contributed by atoms with E-state index in [0.717, 1.165) is 6.42 Å². The first-order valence-electron chi connectivity index (χ1n) is 5.96. The summed E-state index contributed by atoms with van der Waals surface area (Å²) in [5.41, 5.74) is 0.467. The SMILES string of the molecule is CCC(C)OC(=O)COc1ccccc1C(C)=O. The highest BCUT2D eigenvalue weighted by Crippen LogP contribution is 2.18. The molecule has 0 amide bonds. The molecule has 0 saturated carbocycles.